The van der Waals surface area contributed by atoms with Crippen molar-refractivity contribution in [3.63, 3.8) is 0 Å². The lowest BCUT2D eigenvalue weighted by Crippen LogP contribution is -2.63. The number of imidazole rings is 1. The van der Waals surface area contributed by atoms with Crippen molar-refractivity contribution in [2.45, 2.75) is 269 Å². The fraction of sp³-hybridized carbons (Fsp3) is 0.581. The summed E-state index contributed by atoms with van der Waals surface area (Å²) in [4.78, 5) is 259. The van der Waals surface area contributed by atoms with Gasteiger partial charge in [0.05, 0.1) is 31.2 Å². The zero-order chi connectivity index (χ0) is 103. The number of amides is 18. The standard InChI is InChI=1S/C86H138ClN29O21/c1-41(2)31-58(110-81(135)64(39-117)114-70(124)45(9)102-47(11)119)75(129)104-54(16-13-29-99-85(93)94)73(127)112-62(36-51-38-97-40-101-51)78(132)111-61(35-48-18-22-50(87)23-19-48)77(131)108-59(32-42(3)4)76(130)113-63(37-66(89)122)79(133)109-60(33-43(5)6)80(134)115-67(44(7)8)82(136)116-68(46(10)118)83(137)106-55(17-14-30-100-86(95)96)71(125)105-56(26-27-65(88)121)74(128)103-53(15-12-28-98-84(91)92)72(126)107-57(69(90)123)34-49-20-24-52(120)25-21-49/h18-25,38,40-46,53-64,67-68,117-118,120H,12-17,26-37,39H2,1-11H3,(H2,88,121)(H2,89,122)(H2,90,123)(H,97,101)(H,102,119)(H,103,128)(H,104,129)(H,105,125)(H,106,137)(H,107,126)(H,108,131)(H,109,133)(H,110,135)(H,111,132)(H,112,127)(H,113,130)(H,114,124)(H,115,134)(H,116,136)(H4,91,92,98)(H4,93,94,99)(H4,95,96,100)/t45-,46+,53-,54-,55-,56-,57-,58-,59-,60-,61-,62-,63-,64-,67-,68-/m0/s1. The van der Waals surface area contributed by atoms with Gasteiger partial charge in [-0.2, -0.15) is 0 Å². The van der Waals surface area contributed by atoms with Gasteiger partial charge in [-0.3, -0.25) is 103 Å². The fourth-order valence-electron chi connectivity index (χ4n) is 13.7. The van der Waals surface area contributed by atoms with Crippen molar-refractivity contribution in [2.75, 3.05) is 26.2 Å². The number of aliphatic hydroxyl groups is 2. The molecule has 0 spiro atoms. The van der Waals surface area contributed by atoms with Gasteiger partial charge in [0, 0.05) is 63.5 Å². The molecule has 0 aliphatic heterocycles. The van der Waals surface area contributed by atoms with E-state index >= 15 is 9.59 Å². The number of aromatic hydroxyl groups is 1. The Morgan fingerprint density at radius 1 is 0.387 bits per heavy atom. The molecule has 3 aromatic rings. The summed E-state index contributed by atoms with van der Waals surface area (Å²) in [6.45, 7) is 15.7. The molecule has 50 nitrogen and oxygen atoms in total. The minimum Gasteiger partial charge on any atom is -0.508 e. The van der Waals surface area contributed by atoms with E-state index in [0.717, 1.165) is 13.8 Å². The van der Waals surface area contributed by atoms with E-state index in [0.29, 0.717) is 11.1 Å². The van der Waals surface area contributed by atoms with Crippen LogP contribution in [0.3, 0.4) is 0 Å². The van der Waals surface area contributed by atoms with Gasteiger partial charge in [0.2, 0.25) is 106 Å². The summed E-state index contributed by atoms with van der Waals surface area (Å²) in [6.07, 6.45) is -3.06. The number of carbonyl (C=O) groups is 18. The molecule has 0 saturated carbocycles. The highest BCUT2D eigenvalue weighted by atomic mass is 35.5. The number of rotatable bonds is 62. The third kappa shape index (κ3) is 45.2. The number of nitrogens with one attached hydrogen (secondary N) is 22. The van der Waals surface area contributed by atoms with Crippen LogP contribution in [0, 0.1) is 39.9 Å². The van der Waals surface area contributed by atoms with Crippen molar-refractivity contribution in [1.29, 1.82) is 16.2 Å². The maximum Gasteiger partial charge on any atom is 0.245 e. The van der Waals surface area contributed by atoms with E-state index in [4.69, 9.17) is 62.2 Å². The lowest BCUT2D eigenvalue weighted by molar-refractivity contribution is -0.138. The topological polar surface area (TPSA) is 841 Å². The summed E-state index contributed by atoms with van der Waals surface area (Å²) >= 11 is 6.28. The van der Waals surface area contributed by atoms with Gasteiger partial charge in [0.1, 0.15) is 96.4 Å². The first-order valence-electron chi connectivity index (χ1n) is 44.7. The number of phenolic OH excluding ortho intramolecular Hbond substituents is 1. The number of hydrogen-bond acceptors (Lipinski definition) is 25. The van der Waals surface area contributed by atoms with E-state index < -0.39 is 265 Å². The first-order valence-corrected chi connectivity index (χ1v) is 45.1. The molecular formula is C86H138ClN29O21. The van der Waals surface area contributed by atoms with Crippen LogP contribution in [0.2, 0.25) is 5.02 Å². The number of primary amides is 3. The van der Waals surface area contributed by atoms with Crippen LogP contribution in [0.25, 0.3) is 0 Å². The Morgan fingerprint density at radius 2 is 0.715 bits per heavy atom. The summed E-state index contributed by atoms with van der Waals surface area (Å²) < 4.78 is 0. The quantitative estimate of drug-likeness (QED) is 0.0142. The smallest absolute Gasteiger partial charge is 0.245 e. The predicted octanol–water partition coefficient (Wildman–Crippen LogP) is -7.31. The molecule has 0 unspecified atom stereocenters. The number of aromatic nitrogens is 2. The number of nitrogens with two attached hydrogens (primary N) is 6. The molecular weight excluding hydrogens is 1810 g/mol. The molecule has 0 saturated heterocycles. The van der Waals surface area contributed by atoms with Crippen LogP contribution in [0.1, 0.15) is 170 Å². The number of nitrogens with zero attached hydrogens (tertiary/aromatic N) is 1. The van der Waals surface area contributed by atoms with Crippen molar-refractivity contribution in [2.24, 2.45) is 58.1 Å². The van der Waals surface area contributed by atoms with Crippen LogP contribution in [0.5, 0.6) is 5.75 Å². The lowest BCUT2D eigenvalue weighted by atomic mass is 9.98. The summed E-state index contributed by atoms with van der Waals surface area (Å²) in [5.74, 6) is -21.7. The van der Waals surface area contributed by atoms with Crippen molar-refractivity contribution in [3.8, 4) is 5.75 Å². The molecule has 760 valence electrons. The highest BCUT2D eigenvalue weighted by molar-refractivity contribution is 6.30. The maximum absolute atomic E-state index is 15.1. The Labute approximate surface area is 797 Å². The Hall–Kier alpha value is -14.1. The first kappa shape index (κ1) is 117. The molecule has 0 radical (unpaired) electrons. The second-order valence-electron chi connectivity index (χ2n) is 34.7. The summed E-state index contributed by atoms with van der Waals surface area (Å²) in [5, 5.41) is 99.8. The molecule has 0 fully saturated rings. The molecule has 0 aliphatic carbocycles. The van der Waals surface area contributed by atoms with Gasteiger partial charge in [0.25, 0.3) is 0 Å². The zero-order valence-corrected chi connectivity index (χ0v) is 79.5. The zero-order valence-electron chi connectivity index (χ0n) is 78.7. The van der Waals surface area contributed by atoms with Crippen LogP contribution in [-0.4, -0.2) is 272 Å². The molecule has 3 rings (SSSR count). The summed E-state index contributed by atoms with van der Waals surface area (Å²) in [7, 11) is 0. The molecule has 137 heavy (non-hydrogen) atoms. The molecule has 0 aliphatic rings. The molecule has 0 bridgehead atoms. The molecule has 18 amide bonds. The van der Waals surface area contributed by atoms with Gasteiger partial charge in [0.15, 0.2) is 17.9 Å². The number of aromatic amines is 1. The number of hydrogen-bond donors (Lipinski definition) is 31. The average molecular weight is 1950 g/mol. The lowest BCUT2D eigenvalue weighted by Gasteiger charge is -2.30. The highest BCUT2D eigenvalue weighted by Crippen LogP contribution is 2.19. The fourth-order valence-corrected chi connectivity index (χ4v) is 13.9. The van der Waals surface area contributed by atoms with E-state index in [1.165, 1.54) is 81.8 Å². The average Bonchev–Trinajstić information content (AvgIpc) is 0.971. The Balaban J connectivity index is 2.03. The third-order valence-electron chi connectivity index (χ3n) is 20.8. The van der Waals surface area contributed by atoms with Gasteiger partial charge in [-0.25, -0.2) is 4.98 Å². The van der Waals surface area contributed by atoms with Gasteiger partial charge in [-0.15, -0.1) is 0 Å². The minimum absolute atomic E-state index is 0.00267. The SMILES string of the molecule is CC(=O)N[C@@H](C)C(=O)N[C@@H](CO)C(=O)N[C@@H](CC(C)C)C(=O)N[C@@H](CCCNC(=N)N)C(=O)N[C@@H](Cc1c[nH]cn1)C(=O)N[C@@H](Cc1ccc(Cl)cc1)C(=O)N[C@@H](CC(C)C)C(=O)N[C@@H](CC(N)=O)C(=O)N[C@@H](CC(C)C)C(=O)N[C@H](C(=O)N[C@H](C(=O)N[C@@H](CCCNC(=N)N)C(=O)N[C@@H](CCC(N)=O)C(=O)N[C@@H](CCCNC(=N)N)C(=O)N[C@@H](Cc1ccc(O)cc1)C(N)=O)[C@@H](C)O)C(C)C. The van der Waals surface area contributed by atoms with Gasteiger partial charge in [-0.05, 0) is 137 Å². The van der Waals surface area contributed by atoms with Crippen molar-refractivity contribution in [3.05, 3.63) is 82.9 Å². The van der Waals surface area contributed by atoms with Crippen molar-refractivity contribution < 1.29 is 102 Å². The summed E-state index contributed by atoms with van der Waals surface area (Å²) in [6, 6.07) is -12.3. The van der Waals surface area contributed by atoms with Crippen LogP contribution in [0.15, 0.2) is 61.1 Å². The predicted molar refractivity (Wildman–Crippen MR) is 500 cm³/mol. The Bertz CT molecular complexity index is 4600. The normalized spacial score (nSPS) is 14.6. The third-order valence-corrected chi connectivity index (χ3v) is 21.0. The summed E-state index contributed by atoms with van der Waals surface area (Å²) in [5.41, 5.74) is 34.5. The molecule has 1 heterocycles. The highest BCUT2D eigenvalue weighted by Gasteiger charge is 2.41. The number of halogens is 1. The largest absolute Gasteiger partial charge is 0.508 e. The molecule has 51 heteroatoms. The number of aliphatic hydroxyl groups excluding tert-OH is 2. The van der Waals surface area contributed by atoms with E-state index in [-0.39, 0.29) is 119 Å². The first-order chi connectivity index (χ1) is 64.3. The van der Waals surface area contributed by atoms with Crippen molar-refractivity contribution in [1.82, 2.24) is 106 Å². The number of benzene rings is 2. The van der Waals surface area contributed by atoms with Gasteiger partial charge in [-0.1, -0.05) is 91.3 Å². The minimum atomic E-state index is -1.96. The second kappa shape index (κ2) is 59.6. The van der Waals surface area contributed by atoms with Crippen LogP contribution >= 0.6 is 11.6 Å². The Morgan fingerprint density at radius 3 is 1.09 bits per heavy atom. The molecule has 37 N–H and O–H groups in total. The van der Waals surface area contributed by atoms with Crippen molar-refractivity contribution >= 4 is 136 Å². The van der Waals surface area contributed by atoms with Gasteiger partial charge < -0.3 is 150 Å². The van der Waals surface area contributed by atoms with E-state index in [9.17, 15) is 92.0 Å². The van der Waals surface area contributed by atoms with Crippen LogP contribution in [-0.2, 0) is 106 Å². The molecule has 2 aromatic carbocycles. The number of H-pyrrole nitrogens is 1. The van der Waals surface area contributed by atoms with E-state index in [1.54, 1.807) is 41.5 Å². The monoisotopic (exact) mass is 1950 g/mol. The number of guanidine groups is 3. The molecule has 1 aromatic heterocycles. The Kier molecular flexibility index (Phi) is 51.0. The van der Waals surface area contributed by atoms with Crippen LogP contribution < -0.4 is 130 Å². The molecule has 16 atom stereocenters. The van der Waals surface area contributed by atoms with E-state index in [1.807, 2.05) is 0 Å². The number of phenols is 1. The van der Waals surface area contributed by atoms with Crippen LogP contribution in [0.4, 0.5) is 0 Å². The maximum atomic E-state index is 15.1. The van der Waals surface area contributed by atoms with E-state index in [2.05, 4.69) is 106 Å². The van der Waals surface area contributed by atoms with Gasteiger partial charge >= 0.3 is 0 Å². The number of carbonyl (C=O) groups excluding carboxylic acids is 18. The second-order valence-corrected chi connectivity index (χ2v) is 35.1.